The quantitative estimate of drug-likeness (QED) is 0.301. The molecule has 0 radical (unpaired) electrons. The Hall–Kier alpha value is -3.26. The highest BCUT2D eigenvalue weighted by molar-refractivity contribution is 7.99. The predicted molar refractivity (Wildman–Crippen MR) is 125 cm³/mol. The monoisotopic (exact) mass is 435 g/mol. The van der Waals surface area contributed by atoms with Gasteiger partial charge in [-0.1, -0.05) is 61.2 Å². The van der Waals surface area contributed by atoms with Crippen LogP contribution in [-0.2, 0) is 13.1 Å². The van der Waals surface area contributed by atoms with Crippen LogP contribution in [0.5, 0.6) is 5.75 Å². The van der Waals surface area contributed by atoms with Gasteiger partial charge in [-0.2, -0.15) is 0 Å². The largest absolute Gasteiger partial charge is 0.497 e. The highest BCUT2D eigenvalue weighted by atomic mass is 32.2. The van der Waals surface area contributed by atoms with E-state index in [1.165, 1.54) is 0 Å². The molecule has 2 N–H and O–H groups in total. The third-order valence-electron chi connectivity index (χ3n) is 4.84. The highest BCUT2D eigenvalue weighted by Gasteiger charge is 2.16. The lowest BCUT2D eigenvalue weighted by Crippen LogP contribution is -2.17. The molecular formula is C23H25N5O2S. The highest BCUT2D eigenvalue weighted by Crippen LogP contribution is 2.24. The van der Waals surface area contributed by atoms with Crippen molar-refractivity contribution < 1.29 is 4.74 Å². The molecule has 8 heteroatoms. The normalized spacial score (nSPS) is 11.0. The third-order valence-corrected chi connectivity index (χ3v) is 5.89. The Bertz CT molecular complexity index is 1200. The zero-order valence-corrected chi connectivity index (χ0v) is 18.4. The zero-order valence-electron chi connectivity index (χ0n) is 17.6. The third kappa shape index (κ3) is 4.91. The Morgan fingerprint density at radius 1 is 1.06 bits per heavy atom. The Balaban J connectivity index is 1.68. The standard InChI is InChI=1S/C23H25N5O2S/c1-3-13-31-22-26-20(24-14-16-9-11-18(30-2)12-10-16)19-21(27-22)28(23(29)25-19)15-17-7-5-4-6-8-17/h4-12H,3,13-15H2,1-2H3,(H,25,29)(H,24,26,27). The SMILES string of the molecule is CCCSc1nc(NCc2ccc(OC)cc2)c2[nH]c(=O)n(Cc3ccccc3)c2n1. The van der Waals surface area contributed by atoms with Crippen LogP contribution in [0.2, 0.25) is 0 Å². The van der Waals surface area contributed by atoms with Gasteiger partial charge < -0.3 is 15.0 Å². The number of fused-ring (bicyclic) bond motifs is 1. The maximum Gasteiger partial charge on any atom is 0.328 e. The van der Waals surface area contributed by atoms with Crippen LogP contribution in [-0.4, -0.2) is 32.4 Å². The number of thioether (sulfide) groups is 1. The molecule has 0 atom stereocenters. The van der Waals surface area contributed by atoms with Gasteiger partial charge in [0.25, 0.3) is 0 Å². The van der Waals surface area contributed by atoms with E-state index in [1.54, 1.807) is 23.4 Å². The van der Waals surface area contributed by atoms with E-state index in [4.69, 9.17) is 9.72 Å². The van der Waals surface area contributed by atoms with Crippen LogP contribution >= 0.6 is 11.8 Å². The maximum absolute atomic E-state index is 12.8. The van der Waals surface area contributed by atoms with E-state index in [2.05, 4.69) is 22.2 Å². The number of anilines is 1. The molecule has 0 amide bonds. The summed E-state index contributed by atoms with van der Waals surface area (Å²) in [5, 5.41) is 4.03. The van der Waals surface area contributed by atoms with E-state index < -0.39 is 0 Å². The summed E-state index contributed by atoms with van der Waals surface area (Å²) < 4.78 is 6.89. The summed E-state index contributed by atoms with van der Waals surface area (Å²) >= 11 is 1.59. The van der Waals surface area contributed by atoms with Crippen molar-refractivity contribution in [2.24, 2.45) is 0 Å². The second kappa shape index (κ2) is 9.70. The number of benzene rings is 2. The summed E-state index contributed by atoms with van der Waals surface area (Å²) in [4.78, 5) is 25.1. The van der Waals surface area contributed by atoms with E-state index in [1.807, 2.05) is 54.6 Å². The van der Waals surface area contributed by atoms with E-state index in [0.29, 0.717) is 35.2 Å². The van der Waals surface area contributed by atoms with Crippen LogP contribution in [0.4, 0.5) is 5.82 Å². The number of aromatic amines is 1. The van der Waals surface area contributed by atoms with E-state index in [9.17, 15) is 4.79 Å². The predicted octanol–water partition coefficient (Wildman–Crippen LogP) is 4.29. The molecular weight excluding hydrogens is 410 g/mol. The molecule has 2 aromatic carbocycles. The fourth-order valence-electron chi connectivity index (χ4n) is 3.24. The fourth-order valence-corrected chi connectivity index (χ4v) is 3.93. The smallest absolute Gasteiger partial charge is 0.328 e. The van der Waals surface area contributed by atoms with Gasteiger partial charge in [0.15, 0.2) is 16.6 Å². The Kier molecular flexibility index (Phi) is 6.57. The number of aromatic nitrogens is 4. The van der Waals surface area contributed by atoms with Crippen molar-refractivity contribution >= 4 is 28.7 Å². The molecule has 0 aliphatic rings. The first-order valence-electron chi connectivity index (χ1n) is 10.2. The number of nitrogens with zero attached hydrogens (tertiary/aromatic N) is 3. The summed E-state index contributed by atoms with van der Waals surface area (Å²) in [6.45, 7) is 3.14. The molecule has 2 heterocycles. The number of H-pyrrole nitrogens is 1. The van der Waals surface area contributed by atoms with E-state index in [-0.39, 0.29) is 5.69 Å². The minimum Gasteiger partial charge on any atom is -0.497 e. The molecule has 0 saturated carbocycles. The van der Waals surface area contributed by atoms with Crippen molar-refractivity contribution in [1.29, 1.82) is 0 Å². The van der Waals surface area contributed by atoms with E-state index >= 15 is 0 Å². The Labute approximate surface area is 184 Å². The van der Waals surface area contributed by atoms with Gasteiger partial charge in [0, 0.05) is 12.3 Å². The molecule has 4 rings (SSSR count). The second-order valence-corrected chi connectivity index (χ2v) is 8.17. The van der Waals surface area contributed by atoms with Gasteiger partial charge in [-0.25, -0.2) is 14.8 Å². The second-order valence-electron chi connectivity index (χ2n) is 7.11. The fraction of sp³-hybridized carbons (Fsp3) is 0.261. The van der Waals surface area contributed by atoms with E-state index in [0.717, 1.165) is 29.1 Å². The van der Waals surface area contributed by atoms with Crippen LogP contribution in [0.15, 0.2) is 64.5 Å². The summed E-state index contributed by atoms with van der Waals surface area (Å²) in [5.74, 6) is 2.36. The minimum absolute atomic E-state index is 0.196. The lowest BCUT2D eigenvalue weighted by molar-refractivity contribution is 0.414. The number of imidazole rings is 1. The van der Waals surface area contributed by atoms with Gasteiger partial charge >= 0.3 is 5.69 Å². The molecule has 0 saturated heterocycles. The van der Waals surface area contributed by atoms with Gasteiger partial charge in [0.1, 0.15) is 11.3 Å². The topological polar surface area (TPSA) is 84.8 Å². The number of methoxy groups -OCH3 is 1. The molecule has 31 heavy (non-hydrogen) atoms. The molecule has 0 aliphatic carbocycles. The van der Waals surface area contributed by atoms with Gasteiger partial charge in [0.2, 0.25) is 0 Å². The Morgan fingerprint density at radius 3 is 2.55 bits per heavy atom. The minimum atomic E-state index is -0.196. The van der Waals surface area contributed by atoms with Crippen LogP contribution < -0.4 is 15.7 Å². The number of hydrogen-bond acceptors (Lipinski definition) is 6. The van der Waals surface area contributed by atoms with Crippen LogP contribution in [0.1, 0.15) is 24.5 Å². The first kappa shape index (κ1) is 21.0. The van der Waals surface area contributed by atoms with Crippen molar-refractivity contribution in [2.45, 2.75) is 31.6 Å². The lowest BCUT2D eigenvalue weighted by Gasteiger charge is -2.10. The summed E-state index contributed by atoms with van der Waals surface area (Å²) in [6.07, 6.45) is 1.02. The lowest BCUT2D eigenvalue weighted by atomic mass is 10.2. The van der Waals surface area contributed by atoms with Crippen LogP contribution in [0, 0.1) is 0 Å². The number of ether oxygens (including phenoxy) is 1. The van der Waals surface area contributed by atoms with Crippen LogP contribution in [0.3, 0.4) is 0 Å². The average molecular weight is 436 g/mol. The van der Waals surface area contributed by atoms with Gasteiger partial charge in [0.05, 0.1) is 13.7 Å². The molecule has 7 nitrogen and oxygen atoms in total. The summed E-state index contributed by atoms with van der Waals surface area (Å²) in [7, 11) is 1.65. The first-order valence-corrected chi connectivity index (χ1v) is 11.2. The zero-order chi connectivity index (χ0) is 21.6. The van der Waals surface area contributed by atoms with Gasteiger partial charge in [-0.3, -0.25) is 4.57 Å². The van der Waals surface area contributed by atoms with Crippen molar-refractivity contribution in [3.63, 3.8) is 0 Å². The molecule has 160 valence electrons. The molecule has 0 aliphatic heterocycles. The Morgan fingerprint density at radius 2 is 1.84 bits per heavy atom. The van der Waals surface area contributed by atoms with Crippen molar-refractivity contribution in [3.8, 4) is 5.75 Å². The number of hydrogen-bond donors (Lipinski definition) is 2. The molecule has 2 aromatic heterocycles. The van der Waals surface area contributed by atoms with Crippen molar-refractivity contribution in [3.05, 3.63) is 76.2 Å². The molecule has 0 bridgehead atoms. The summed E-state index contributed by atoms with van der Waals surface area (Å²) in [5.41, 5.74) is 3.16. The average Bonchev–Trinajstić information content (AvgIpc) is 3.12. The van der Waals surface area contributed by atoms with Crippen molar-refractivity contribution in [1.82, 2.24) is 19.5 Å². The molecule has 0 spiro atoms. The molecule has 4 aromatic rings. The van der Waals surface area contributed by atoms with Gasteiger partial charge in [-0.15, -0.1) is 0 Å². The van der Waals surface area contributed by atoms with Gasteiger partial charge in [-0.05, 0) is 29.7 Å². The first-order chi connectivity index (χ1) is 15.2. The van der Waals surface area contributed by atoms with Crippen LogP contribution in [0.25, 0.3) is 11.2 Å². The molecule has 0 fully saturated rings. The maximum atomic E-state index is 12.8. The molecule has 0 unspecified atom stereocenters. The number of rotatable bonds is 9. The van der Waals surface area contributed by atoms with Crippen molar-refractivity contribution in [2.75, 3.05) is 18.2 Å². The summed E-state index contributed by atoms with van der Waals surface area (Å²) in [6, 6.07) is 17.7. The number of nitrogens with one attached hydrogen (secondary N) is 2.